The standard InChI is InChI=1S/C33H41ClN4O2S/c1-41-31-9-5-2-6-26(31)23-37-18-20-38(21-19-37)33(40)32(35)24-12-15-36(16-13-24)17-14-25-22-27(34)10-11-28(25)29-7-3-4-8-30(29)39/h2-11,22,24,32,39H,12-21,23,35H2,1H3/t32-/m1/s1. The number of benzene rings is 3. The molecule has 2 heterocycles. The number of phenols is 1. The molecule has 0 radical (unpaired) electrons. The Bertz CT molecular complexity index is 1320. The lowest BCUT2D eigenvalue weighted by Gasteiger charge is -2.39. The monoisotopic (exact) mass is 592 g/mol. The predicted octanol–water partition coefficient (Wildman–Crippen LogP) is 5.36. The first kappa shape index (κ1) is 29.9. The molecule has 0 aliphatic carbocycles. The lowest BCUT2D eigenvalue weighted by Crippen LogP contribution is -2.55. The van der Waals surface area contributed by atoms with Gasteiger partial charge < -0.3 is 20.6 Å². The highest BCUT2D eigenvalue weighted by atomic mass is 35.5. The number of piperazine rings is 1. The Hall–Kier alpha value is -2.55. The average molecular weight is 593 g/mol. The van der Waals surface area contributed by atoms with Crippen molar-refractivity contribution in [3.8, 4) is 16.9 Å². The number of halogens is 1. The number of nitrogens with zero attached hydrogens (tertiary/aromatic N) is 3. The highest BCUT2D eigenvalue weighted by Gasteiger charge is 2.32. The number of carbonyl (C=O) groups excluding carboxylic acids is 1. The molecule has 2 fully saturated rings. The van der Waals surface area contributed by atoms with Crippen molar-refractivity contribution in [3.63, 3.8) is 0 Å². The molecule has 0 spiro atoms. The molecular weight excluding hydrogens is 552 g/mol. The van der Waals surface area contributed by atoms with Crippen molar-refractivity contribution < 1.29 is 9.90 Å². The predicted molar refractivity (Wildman–Crippen MR) is 169 cm³/mol. The summed E-state index contributed by atoms with van der Waals surface area (Å²) in [6.45, 7) is 6.93. The third kappa shape index (κ3) is 7.46. The first-order chi connectivity index (χ1) is 19.9. The molecule has 0 bridgehead atoms. The second-order valence-corrected chi connectivity index (χ2v) is 12.5. The Morgan fingerprint density at radius 3 is 2.37 bits per heavy atom. The van der Waals surface area contributed by atoms with Crippen molar-refractivity contribution in [2.45, 2.75) is 36.7 Å². The summed E-state index contributed by atoms with van der Waals surface area (Å²) in [6, 6.07) is 21.4. The summed E-state index contributed by atoms with van der Waals surface area (Å²) in [5, 5.41) is 11.1. The topological polar surface area (TPSA) is 73.0 Å². The first-order valence-corrected chi connectivity index (χ1v) is 16.2. The highest BCUT2D eigenvalue weighted by molar-refractivity contribution is 7.98. The van der Waals surface area contributed by atoms with Crippen LogP contribution in [0.3, 0.4) is 0 Å². The Morgan fingerprint density at radius 1 is 0.927 bits per heavy atom. The molecule has 3 aromatic rings. The van der Waals surface area contributed by atoms with Crippen molar-refractivity contribution in [2.75, 3.05) is 52.1 Å². The number of carbonyl (C=O) groups is 1. The summed E-state index contributed by atoms with van der Waals surface area (Å²) in [4.78, 5) is 21.5. The van der Waals surface area contributed by atoms with E-state index in [-0.39, 0.29) is 17.6 Å². The Kier molecular flexibility index (Phi) is 10.3. The van der Waals surface area contributed by atoms with E-state index in [0.717, 1.165) is 88.3 Å². The van der Waals surface area contributed by atoms with Crippen LogP contribution in [0, 0.1) is 5.92 Å². The van der Waals surface area contributed by atoms with Crippen LogP contribution in [-0.2, 0) is 17.8 Å². The van der Waals surface area contributed by atoms with Gasteiger partial charge in [0.25, 0.3) is 0 Å². The van der Waals surface area contributed by atoms with Crippen molar-refractivity contribution in [2.24, 2.45) is 11.7 Å². The number of amides is 1. The van der Waals surface area contributed by atoms with Crippen molar-refractivity contribution in [1.29, 1.82) is 0 Å². The van der Waals surface area contributed by atoms with E-state index in [2.05, 4.69) is 40.3 Å². The SMILES string of the molecule is CSc1ccccc1CN1CCN(C(=O)[C@H](N)C2CCN(CCc3cc(Cl)ccc3-c3ccccc3O)CC2)CC1. The second-order valence-electron chi connectivity index (χ2n) is 11.2. The second kappa shape index (κ2) is 14.1. The maximum absolute atomic E-state index is 13.3. The summed E-state index contributed by atoms with van der Waals surface area (Å²) < 4.78 is 0. The number of hydrogen-bond acceptors (Lipinski definition) is 6. The van der Waals surface area contributed by atoms with Crippen molar-refractivity contribution in [3.05, 3.63) is 82.9 Å². The van der Waals surface area contributed by atoms with E-state index < -0.39 is 6.04 Å². The Balaban J connectivity index is 1.09. The zero-order valence-electron chi connectivity index (χ0n) is 23.8. The van der Waals surface area contributed by atoms with Gasteiger partial charge in [-0.2, -0.15) is 0 Å². The third-order valence-electron chi connectivity index (χ3n) is 8.65. The van der Waals surface area contributed by atoms with Gasteiger partial charge in [-0.05, 0) is 85.5 Å². The lowest BCUT2D eigenvalue weighted by molar-refractivity contribution is -0.136. The maximum Gasteiger partial charge on any atom is 0.239 e. The van der Waals surface area contributed by atoms with Gasteiger partial charge in [-0.25, -0.2) is 0 Å². The molecule has 41 heavy (non-hydrogen) atoms. The fourth-order valence-electron chi connectivity index (χ4n) is 6.16. The molecule has 3 N–H and O–H groups in total. The molecule has 2 saturated heterocycles. The number of thioether (sulfide) groups is 1. The number of para-hydroxylation sites is 1. The molecule has 218 valence electrons. The van der Waals surface area contributed by atoms with Crippen LogP contribution in [0.25, 0.3) is 11.1 Å². The van der Waals surface area contributed by atoms with Crippen LogP contribution < -0.4 is 5.73 Å². The minimum Gasteiger partial charge on any atom is -0.507 e. The quantitative estimate of drug-likeness (QED) is 0.326. The van der Waals surface area contributed by atoms with Crippen LogP contribution in [0.2, 0.25) is 5.02 Å². The molecule has 5 rings (SSSR count). The van der Waals surface area contributed by atoms with Gasteiger partial charge in [0.15, 0.2) is 0 Å². The van der Waals surface area contributed by atoms with Gasteiger partial charge in [-0.1, -0.05) is 54.1 Å². The van der Waals surface area contributed by atoms with E-state index in [1.165, 1.54) is 10.5 Å². The summed E-state index contributed by atoms with van der Waals surface area (Å²) >= 11 is 8.13. The van der Waals surface area contributed by atoms with Crippen molar-refractivity contribution in [1.82, 2.24) is 14.7 Å². The zero-order valence-corrected chi connectivity index (χ0v) is 25.4. The van der Waals surface area contributed by atoms with E-state index in [9.17, 15) is 9.90 Å². The van der Waals surface area contributed by atoms with Crippen LogP contribution in [0.15, 0.2) is 71.6 Å². The lowest BCUT2D eigenvalue weighted by atomic mass is 9.88. The first-order valence-electron chi connectivity index (χ1n) is 14.6. The molecule has 3 aromatic carbocycles. The van der Waals surface area contributed by atoms with E-state index in [0.29, 0.717) is 5.02 Å². The molecule has 0 saturated carbocycles. The molecule has 6 nitrogen and oxygen atoms in total. The van der Waals surface area contributed by atoms with E-state index in [4.69, 9.17) is 17.3 Å². The van der Waals surface area contributed by atoms with Crippen LogP contribution in [0.1, 0.15) is 24.0 Å². The number of rotatable bonds is 9. The largest absolute Gasteiger partial charge is 0.507 e. The fourth-order valence-corrected chi connectivity index (χ4v) is 6.96. The van der Waals surface area contributed by atoms with Crippen LogP contribution in [-0.4, -0.2) is 83.8 Å². The van der Waals surface area contributed by atoms with E-state index in [1.54, 1.807) is 17.8 Å². The molecule has 1 amide bonds. The number of nitrogens with two attached hydrogens (primary N) is 1. The molecule has 0 unspecified atom stereocenters. The molecular formula is C33H41ClN4O2S. The summed E-state index contributed by atoms with van der Waals surface area (Å²) in [5.74, 6) is 0.602. The van der Waals surface area contributed by atoms with Gasteiger partial charge in [0.2, 0.25) is 5.91 Å². The zero-order chi connectivity index (χ0) is 28.8. The third-order valence-corrected chi connectivity index (χ3v) is 9.73. The summed E-state index contributed by atoms with van der Waals surface area (Å²) in [7, 11) is 0. The van der Waals surface area contributed by atoms with Crippen molar-refractivity contribution >= 4 is 29.3 Å². The van der Waals surface area contributed by atoms with Gasteiger partial charge in [0.1, 0.15) is 5.75 Å². The fraction of sp³-hybridized carbons (Fsp3) is 0.424. The maximum atomic E-state index is 13.3. The molecule has 8 heteroatoms. The Morgan fingerprint density at radius 2 is 1.63 bits per heavy atom. The molecule has 0 aromatic heterocycles. The summed E-state index contributed by atoms with van der Waals surface area (Å²) in [5.41, 5.74) is 10.9. The average Bonchev–Trinajstić information content (AvgIpc) is 3.01. The van der Waals surface area contributed by atoms with Gasteiger partial charge in [-0.3, -0.25) is 9.69 Å². The van der Waals surface area contributed by atoms with Gasteiger partial charge in [-0.15, -0.1) is 11.8 Å². The summed E-state index contributed by atoms with van der Waals surface area (Å²) in [6.07, 6.45) is 4.82. The number of likely N-dealkylation sites (tertiary alicyclic amines) is 1. The van der Waals surface area contributed by atoms with E-state index >= 15 is 0 Å². The van der Waals surface area contributed by atoms with Gasteiger partial charge in [0.05, 0.1) is 6.04 Å². The normalized spacial score (nSPS) is 18.0. The van der Waals surface area contributed by atoms with Crippen LogP contribution in [0.4, 0.5) is 0 Å². The van der Waals surface area contributed by atoms with Crippen LogP contribution in [0.5, 0.6) is 5.75 Å². The van der Waals surface area contributed by atoms with Crippen LogP contribution >= 0.6 is 23.4 Å². The molecule has 2 aliphatic rings. The van der Waals surface area contributed by atoms with Gasteiger partial charge in [0, 0.05) is 54.8 Å². The number of piperidine rings is 1. The smallest absolute Gasteiger partial charge is 0.239 e. The molecule has 2 aliphatic heterocycles. The highest BCUT2D eigenvalue weighted by Crippen LogP contribution is 2.33. The Labute approximate surface area is 253 Å². The van der Waals surface area contributed by atoms with Gasteiger partial charge >= 0.3 is 0 Å². The minimum absolute atomic E-state index is 0.110. The number of aromatic hydroxyl groups is 1. The number of hydrogen-bond donors (Lipinski definition) is 2. The minimum atomic E-state index is -0.429. The number of phenolic OH excluding ortho intramolecular Hbond substituents is 1. The van der Waals surface area contributed by atoms with E-state index in [1.807, 2.05) is 41.3 Å². The molecule has 1 atom stereocenters.